The van der Waals surface area contributed by atoms with Crippen LogP contribution in [-0.4, -0.2) is 14.6 Å². The van der Waals surface area contributed by atoms with E-state index in [0.29, 0.717) is 11.2 Å². The number of halogens is 1. The molecule has 0 aliphatic carbocycles. The average molecular weight is 318 g/mol. The third kappa shape index (κ3) is 1.90. The molecule has 3 rings (SSSR count). The Hall–Kier alpha value is -1.88. The Labute approximate surface area is 118 Å². The summed E-state index contributed by atoms with van der Waals surface area (Å²) < 4.78 is 2.48. The highest BCUT2D eigenvalue weighted by Crippen LogP contribution is 2.25. The molecule has 0 radical (unpaired) electrons. The van der Waals surface area contributed by atoms with Gasteiger partial charge in [-0.1, -0.05) is 28.1 Å². The van der Waals surface area contributed by atoms with E-state index in [2.05, 4.69) is 26.0 Å². The van der Waals surface area contributed by atoms with E-state index in [1.807, 2.05) is 37.4 Å². The van der Waals surface area contributed by atoms with Gasteiger partial charge in [-0.25, -0.2) is 9.50 Å². The maximum atomic E-state index is 12.1. The van der Waals surface area contributed by atoms with Crippen LogP contribution in [0.2, 0.25) is 0 Å². The second-order valence-corrected chi connectivity index (χ2v) is 5.40. The van der Waals surface area contributed by atoms with Gasteiger partial charge in [-0.15, -0.1) is 0 Å². The Morgan fingerprint density at radius 1 is 1.32 bits per heavy atom. The summed E-state index contributed by atoms with van der Waals surface area (Å²) in [7, 11) is 0. The van der Waals surface area contributed by atoms with E-state index in [9.17, 15) is 4.79 Å². The van der Waals surface area contributed by atoms with Crippen LogP contribution in [0, 0.1) is 13.8 Å². The Morgan fingerprint density at radius 2 is 2.11 bits per heavy atom. The predicted octanol–water partition coefficient (Wildman–Crippen LogP) is 3.07. The number of aromatic nitrogens is 3. The molecule has 96 valence electrons. The molecular formula is C14H12BrN3O. The Bertz CT molecular complexity index is 832. The number of nitrogens with one attached hydrogen (secondary N) is 1. The monoisotopic (exact) mass is 317 g/mol. The third-order valence-corrected chi connectivity index (χ3v) is 3.76. The first-order valence-corrected chi connectivity index (χ1v) is 6.70. The van der Waals surface area contributed by atoms with Crippen molar-refractivity contribution in [3.05, 3.63) is 56.5 Å². The minimum absolute atomic E-state index is 0.0521. The van der Waals surface area contributed by atoms with E-state index >= 15 is 0 Å². The summed E-state index contributed by atoms with van der Waals surface area (Å²) in [5.74, 6) is 0. The minimum atomic E-state index is -0.0521. The Kier molecular flexibility index (Phi) is 2.78. The van der Waals surface area contributed by atoms with Crippen LogP contribution in [-0.2, 0) is 0 Å². The van der Waals surface area contributed by atoms with E-state index in [4.69, 9.17) is 0 Å². The van der Waals surface area contributed by atoms with Crippen molar-refractivity contribution in [2.24, 2.45) is 0 Å². The van der Waals surface area contributed by atoms with Crippen molar-refractivity contribution in [2.45, 2.75) is 13.8 Å². The summed E-state index contributed by atoms with van der Waals surface area (Å²) in [6, 6.07) is 7.93. The Morgan fingerprint density at radius 3 is 2.84 bits per heavy atom. The van der Waals surface area contributed by atoms with E-state index in [1.165, 1.54) is 4.52 Å². The van der Waals surface area contributed by atoms with Crippen LogP contribution in [0.15, 0.2) is 39.7 Å². The predicted molar refractivity (Wildman–Crippen MR) is 78.4 cm³/mol. The number of aromatic amines is 1. The topological polar surface area (TPSA) is 50.2 Å². The largest absolute Gasteiger partial charge is 0.296 e. The maximum absolute atomic E-state index is 12.1. The molecule has 0 spiro atoms. The molecule has 0 unspecified atom stereocenters. The van der Waals surface area contributed by atoms with E-state index in [0.717, 1.165) is 21.3 Å². The first-order chi connectivity index (χ1) is 9.08. The van der Waals surface area contributed by atoms with E-state index < -0.39 is 0 Å². The second-order valence-electron chi connectivity index (χ2n) is 4.48. The smallest absolute Gasteiger partial charge is 0.275 e. The summed E-state index contributed by atoms with van der Waals surface area (Å²) in [6.45, 7) is 3.64. The SMILES string of the molecule is Cc1nc2c(-c3cccc(Br)c3)c[nH]n2c(=O)c1C. The molecule has 5 heteroatoms. The summed E-state index contributed by atoms with van der Waals surface area (Å²) >= 11 is 3.45. The molecule has 0 fully saturated rings. The van der Waals surface area contributed by atoms with Gasteiger partial charge in [0.2, 0.25) is 0 Å². The molecule has 0 aliphatic heterocycles. The number of nitrogens with zero attached hydrogens (tertiary/aromatic N) is 2. The number of aryl methyl sites for hydroxylation is 1. The lowest BCUT2D eigenvalue weighted by Crippen LogP contribution is -2.19. The first-order valence-electron chi connectivity index (χ1n) is 5.91. The van der Waals surface area contributed by atoms with Gasteiger partial charge in [-0.2, -0.15) is 0 Å². The van der Waals surface area contributed by atoms with Gasteiger partial charge in [-0.3, -0.25) is 9.89 Å². The quantitative estimate of drug-likeness (QED) is 0.750. The number of benzene rings is 1. The summed E-state index contributed by atoms with van der Waals surface area (Å²) in [5, 5.41) is 2.97. The van der Waals surface area contributed by atoms with Crippen LogP contribution < -0.4 is 5.56 Å². The summed E-state index contributed by atoms with van der Waals surface area (Å²) in [6.07, 6.45) is 1.81. The molecule has 0 atom stereocenters. The molecule has 0 bridgehead atoms. The van der Waals surface area contributed by atoms with Gasteiger partial charge < -0.3 is 0 Å². The van der Waals surface area contributed by atoms with Crippen LogP contribution in [0.4, 0.5) is 0 Å². The summed E-state index contributed by atoms with van der Waals surface area (Å²) in [4.78, 5) is 16.7. The van der Waals surface area contributed by atoms with Gasteiger partial charge in [0, 0.05) is 27.5 Å². The number of hydrogen-bond acceptors (Lipinski definition) is 2. The zero-order valence-corrected chi connectivity index (χ0v) is 12.2. The maximum Gasteiger partial charge on any atom is 0.275 e. The minimum Gasteiger partial charge on any atom is -0.296 e. The molecule has 0 saturated carbocycles. The molecule has 0 aliphatic rings. The molecule has 0 saturated heterocycles. The highest BCUT2D eigenvalue weighted by Gasteiger charge is 2.12. The van der Waals surface area contributed by atoms with Crippen molar-refractivity contribution < 1.29 is 0 Å². The van der Waals surface area contributed by atoms with E-state index in [-0.39, 0.29) is 5.56 Å². The standard InChI is InChI=1S/C14H12BrN3O/c1-8-9(2)17-13-12(7-16-18(13)14(8)19)10-4-3-5-11(15)6-10/h3-7,16H,1-2H3. The van der Waals surface area contributed by atoms with Crippen LogP contribution >= 0.6 is 15.9 Å². The van der Waals surface area contributed by atoms with Crippen molar-refractivity contribution >= 4 is 21.6 Å². The number of H-pyrrole nitrogens is 1. The zero-order valence-electron chi connectivity index (χ0n) is 10.6. The fourth-order valence-corrected chi connectivity index (χ4v) is 2.47. The van der Waals surface area contributed by atoms with E-state index in [1.54, 1.807) is 6.92 Å². The second kappa shape index (κ2) is 4.35. The van der Waals surface area contributed by atoms with Gasteiger partial charge in [0.25, 0.3) is 5.56 Å². The molecule has 3 aromatic rings. The van der Waals surface area contributed by atoms with Crippen molar-refractivity contribution in [2.75, 3.05) is 0 Å². The lowest BCUT2D eigenvalue weighted by atomic mass is 10.1. The molecule has 19 heavy (non-hydrogen) atoms. The molecule has 2 aromatic heterocycles. The van der Waals surface area contributed by atoms with Gasteiger partial charge in [0.05, 0.1) is 0 Å². The van der Waals surface area contributed by atoms with Crippen LogP contribution in [0.5, 0.6) is 0 Å². The fourth-order valence-electron chi connectivity index (χ4n) is 2.07. The molecular weight excluding hydrogens is 306 g/mol. The van der Waals surface area contributed by atoms with Crippen molar-refractivity contribution in [1.82, 2.24) is 14.6 Å². The van der Waals surface area contributed by atoms with Gasteiger partial charge >= 0.3 is 0 Å². The highest BCUT2D eigenvalue weighted by atomic mass is 79.9. The average Bonchev–Trinajstić information content (AvgIpc) is 2.80. The molecule has 4 nitrogen and oxygen atoms in total. The van der Waals surface area contributed by atoms with Gasteiger partial charge in [0.1, 0.15) is 0 Å². The normalized spacial score (nSPS) is 11.1. The Balaban J connectivity index is 2.35. The molecule has 1 aromatic carbocycles. The lowest BCUT2D eigenvalue weighted by Gasteiger charge is -2.02. The molecule has 0 amide bonds. The van der Waals surface area contributed by atoms with Gasteiger partial charge in [0.15, 0.2) is 5.65 Å². The van der Waals surface area contributed by atoms with Crippen LogP contribution in [0.1, 0.15) is 11.3 Å². The fraction of sp³-hybridized carbons (Fsp3) is 0.143. The van der Waals surface area contributed by atoms with Crippen molar-refractivity contribution in [3.63, 3.8) is 0 Å². The third-order valence-electron chi connectivity index (χ3n) is 3.27. The van der Waals surface area contributed by atoms with Crippen LogP contribution in [0.25, 0.3) is 16.8 Å². The molecule has 1 N–H and O–H groups in total. The summed E-state index contributed by atoms with van der Waals surface area (Å²) in [5.41, 5.74) is 3.97. The van der Waals surface area contributed by atoms with Crippen molar-refractivity contribution in [1.29, 1.82) is 0 Å². The van der Waals surface area contributed by atoms with Crippen LogP contribution in [0.3, 0.4) is 0 Å². The lowest BCUT2D eigenvalue weighted by molar-refractivity contribution is 0.873. The number of rotatable bonds is 1. The number of hydrogen-bond donors (Lipinski definition) is 1. The molecule has 2 heterocycles. The first kappa shape index (κ1) is 12.2. The van der Waals surface area contributed by atoms with Crippen molar-refractivity contribution in [3.8, 4) is 11.1 Å². The van der Waals surface area contributed by atoms with Gasteiger partial charge in [-0.05, 0) is 31.5 Å². The highest BCUT2D eigenvalue weighted by molar-refractivity contribution is 9.10. The zero-order chi connectivity index (χ0) is 13.6. The number of fused-ring (bicyclic) bond motifs is 1.